The van der Waals surface area contributed by atoms with Crippen molar-refractivity contribution >= 4 is 18.4 Å². The summed E-state index contributed by atoms with van der Waals surface area (Å²) in [6.45, 7) is 4.46. The van der Waals surface area contributed by atoms with Crippen molar-refractivity contribution in [2.45, 2.75) is 13.8 Å². The van der Waals surface area contributed by atoms with Crippen LogP contribution in [-0.4, -0.2) is 27.7 Å². The van der Waals surface area contributed by atoms with Crippen molar-refractivity contribution in [3.63, 3.8) is 0 Å². The fraction of sp³-hybridized carbons (Fsp3) is 0.188. The molecule has 1 aromatic carbocycles. The molecule has 0 amide bonds. The zero-order valence-electron chi connectivity index (χ0n) is 12.8. The molecule has 7 heteroatoms. The predicted molar refractivity (Wildman–Crippen MR) is 90.5 cm³/mol. The number of aromatic amines is 1. The number of ether oxygens (including phenoxy) is 1. The van der Waals surface area contributed by atoms with Gasteiger partial charge in [0.05, 0.1) is 12.8 Å². The van der Waals surface area contributed by atoms with Gasteiger partial charge in [0.1, 0.15) is 17.3 Å². The van der Waals surface area contributed by atoms with Crippen molar-refractivity contribution in [3.05, 3.63) is 52.7 Å². The van der Waals surface area contributed by atoms with Crippen LogP contribution < -0.4 is 4.74 Å². The van der Waals surface area contributed by atoms with Gasteiger partial charge in [0, 0.05) is 5.56 Å². The lowest BCUT2D eigenvalue weighted by Gasteiger charge is -2.04. The monoisotopic (exact) mass is 328 g/mol. The molecule has 3 aromatic rings. The average molecular weight is 328 g/mol. The van der Waals surface area contributed by atoms with Crippen molar-refractivity contribution in [2.24, 2.45) is 5.10 Å². The summed E-state index contributed by atoms with van der Waals surface area (Å²) in [4.78, 5) is 0. The van der Waals surface area contributed by atoms with Gasteiger partial charge in [0.25, 0.3) is 0 Å². The molecule has 3 rings (SSSR count). The lowest BCUT2D eigenvalue weighted by molar-refractivity contribution is 0.340. The fourth-order valence-corrected chi connectivity index (χ4v) is 2.27. The first-order chi connectivity index (χ1) is 11.2. The molecule has 0 aliphatic carbocycles. The summed E-state index contributed by atoms with van der Waals surface area (Å²) in [5, 5.41) is 11.4. The fourth-order valence-electron chi connectivity index (χ4n) is 2.09. The first-order valence-corrected chi connectivity index (χ1v) is 7.59. The van der Waals surface area contributed by atoms with Crippen LogP contribution in [0.2, 0.25) is 0 Å². The molecule has 0 unspecified atom stereocenters. The lowest BCUT2D eigenvalue weighted by atomic mass is 10.2. The third kappa shape index (κ3) is 3.40. The van der Waals surface area contributed by atoms with Crippen molar-refractivity contribution in [3.8, 4) is 17.1 Å². The third-order valence-electron chi connectivity index (χ3n) is 3.14. The quantitative estimate of drug-likeness (QED) is 0.571. The van der Waals surface area contributed by atoms with E-state index in [4.69, 9.17) is 21.4 Å². The van der Waals surface area contributed by atoms with Crippen LogP contribution in [0.3, 0.4) is 0 Å². The van der Waals surface area contributed by atoms with Crippen molar-refractivity contribution < 1.29 is 9.15 Å². The van der Waals surface area contributed by atoms with Gasteiger partial charge >= 0.3 is 0 Å². The molecule has 0 atom stereocenters. The van der Waals surface area contributed by atoms with Gasteiger partial charge in [-0.3, -0.25) is 0 Å². The highest BCUT2D eigenvalue weighted by atomic mass is 32.1. The van der Waals surface area contributed by atoms with Crippen molar-refractivity contribution in [1.82, 2.24) is 14.9 Å². The Kier molecular flexibility index (Phi) is 4.38. The molecule has 6 nitrogen and oxygen atoms in total. The second-order valence-corrected chi connectivity index (χ2v) is 5.20. The summed E-state index contributed by atoms with van der Waals surface area (Å²) in [6.07, 6.45) is 1.61. The summed E-state index contributed by atoms with van der Waals surface area (Å²) < 4.78 is 12.9. The second kappa shape index (κ2) is 6.62. The minimum absolute atomic E-state index is 0.411. The molecular formula is C16H16N4O2S. The Balaban J connectivity index is 1.92. The Bertz CT molecular complexity index is 874. The summed E-state index contributed by atoms with van der Waals surface area (Å²) in [5.41, 5.74) is 0.883. The molecule has 0 saturated carbocycles. The number of benzene rings is 1. The maximum absolute atomic E-state index is 5.47. The Hall–Kier alpha value is -2.67. The Labute approximate surface area is 138 Å². The van der Waals surface area contributed by atoms with Gasteiger partial charge in [0.2, 0.25) is 4.77 Å². The van der Waals surface area contributed by atoms with Crippen molar-refractivity contribution in [1.29, 1.82) is 0 Å². The third-order valence-corrected chi connectivity index (χ3v) is 3.40. The van der Waals surface area contributed by atoms with Crippen LogP contribution in [0.5, 0.6) is 5.75 Å². The topological polar surface area (TPSA) is 68.3 Å². The van der Waals surface area contributed by atoms with Crippen LogP contribution in [-0.2, 0) is 0 Å². The maximum Gasteiger partial charge on any atom is 0.216 e. The highest BCUT2D eigenvalue weighted by Crippen LogP contribution is 2.21. The highest BCUT2D eigenvalue weighted by molar-refractivity contribution is 7.71. The number of nitrogens with zero attached hydrogens (tertiary/aromatic N) is 3. The number of rotatable bonds is 5. The Morgan fingerprint density at radius 2 is 2.09 bits per heavy atom. The van der Waals surface area contributed by atoms with Gasteiger partial charge in [-0.1, -0.05) is 0 Å². The van der Waals surface area contributed by atoms with Gasteiger partial charge in [-0.05, 0) is 62.5 Å². The number of furan rings is 1. The average Bonchev–Trinajstić information content (AvgIpc) is 3.12. The standard InChI is InChI=1S/C16H16N4O2S/c1-3-21-13-8-5-12(6-9-13)15-18-19-16(23)20(15)17-10-14-7-4-11(2)22-14/h4-10H,3H2,1-2H3,(H,19,23)/b17-10+. The molecule has 2 heterocycles. The first-order valence-electron chi connectivity index (χ1n) is 7.19. The van der Waals surface area contributed by atoms with Gasteiger partial charge in [0.15, 0.2) is 5.82 Å². The van der Waals surface area contributed by atoms with E-state index in [0.29, 0.717) is 23.0 Å². The zero-order chi connectivity index (χ0) is 16.2. The Morgan fingerprint density at radius 1 is 1.30 bits per heavy atom. The van der Waals surface area contributed by atoms with E-state index in [1.54, 1.807) is 10.9 Å². The van der Waals surface area contributed by atoms with Gasteiger partial charge in [-0.2, -0.15) is 14.9 Å². The van der Waals surface area contributed by atoms with Crippen LogP contribution in [0, 0.1) is 11.7 Å². The molecule has 23 heavy (non-hydrogen) atoms. The predicted octanol–water partition coefficient (Wildman–Crippen LogP) is 3.79. The molecule has 118 valence electrons. The summed E-state index contributed by atoms with van der Waals surface area (Å²) >= 11 is 5.24. The molecule has 0 aliphatic rings. The van der Waals surface area contributed by atoms with E-state index in [9.17, 15) is 0 Å². The van der Waals surface area contributed by atoms with Gasteiger partial charge < -0.3 is 9.15 Å². The van der Waals surface area contributed by atoms with Crippen LogP contribution in [0.1, 0.15) is 18.4 Å². The number of H-pyrrole nitrogens is 1. The van der Waals surface area contributed by atoms with Crippen LogP contribution >= 0.6 is 12.2 Å². The summed E-state index contributed by atoms with van der Waals surface area (Å²) in [5.74, 6) is 2.92. The van der Waals surface area contributed by atoms with Crippen molar-refractivity contribution in [2.75, 3.05) is 6.61 Å². The van der Waals surface area contributed by atoms with E-state index in [2.05, 4.69) is 15.3 Å². The van der Waals surface area contributed by atoms with E-state index < -0.39 is 0 Å². The number of hydrogen-bond acceptors (Lipinski definition) is 5. The molecule has 0 spiro atoms. The molecule has 2 aromatic heterocycles. The van der Waals surface area contributed by atoms with E-state index in [-0.39, 0.29) is 0 Å². The zero-order valence-corrected chi connectivity index (χ0v) is 13.6. The number of nitrogens with one attached hydrogen (secondary N) is 1. The van der Waals surface area contributed by atoms with Crippen LogP contribution in [0.15, 0.2) is 45.9 Å². The number of hydrogen-bond donors (Lipinski definition) is 1. The molecule has 0 aliphatic heterocycles. The number of aryl methyl sites for hydroxylation is 1. The molecule has 0 bridgehead atoms. The van der Waals surface area contributed by atoms with Crippen LogP contribution in [0.4, 0.5) is 0 Å². The molecule has 0 saturated heterocycles. The molecular weight excluding hydrogens is 312 g/mol. The van der Waals surface area contributed by atoms with E-state index in [0.717, 1.165) is 17.1 Å². The first kappa shape index (κ1) is 15.2. The van der Waals surface area contributed by atoms with E-state index in [1.807, 2.05) is 50.2 Å². The summed E-state index contributed by atoms with van der Waals surface area (Å²) in [6, 6.07) is 11.3. The molecule has 1 N–H and O–H groups in total. The largest absolute Gasteiger partial charge is 0.494 e. The van der Waals surface area contributed by atoms with E-state index >= 15 is 0 Å². The highest BCUT2D eigenvalue weighted by Gasteiger charge is 2.08. The SMILES string of the molecule is CCOc1ccc(-c2n[nH]c(=S)n2/N=C/c2ccc(C)o2)cc1. The Morgan fingerprint density at radius 3 is 2.74 bits per heavy atom. The smallest absolute Gasteiger partial charge is 0.216 e. The molecule has 0 radical (unpaired) electrons. The maximum atomic E-state index is 5.47. The molecule has 0 fully saturated rings. The van der Waals surface area contributed by atoms with Crippen LogP contribution in [0.25, 0.3) is 11.4 Å². The summed E-state index contributed by atoms with van der Waals surface area (Å²) in [7, 11) is 0. The lowest BCUT2D eigenvalue weighted by Crippen LogP contribution is -1.95. The number of aromatic nitrogens is 3. The van der Waals surface area contributed by atoms with Gasteiger partial charge in [-0.15, -0.1) is 0 Å². The van der Waals surface area contributed by atoms with Gasteiger partial charge in [-0.25, -0.2) is 5.10 Å². The minimum atomic E-state index is 0.411. The second-order valence-electron chi connectivity index (χ2n) is 4.81. The normalized spacial score (nSPS) is 11.2. The minimum Gasteiger partial charge on any atom is -0.494 e. The van der Waals surface area contributed by atoms with E-state index in [1.165, 1.54) is 0 Å².